The first-order valence-electron chi connectivity index (χ1n) is 15.0. The summed E-state index contributed by atoms with van der Waals surface area (Å²) < 4.78 is 24.3. The molecule has 10 nitrogen and oxygen atoms in total. The maximum absolute atomic E-state index is 14.1. The van der Waals surface area contributed by atoms with E-state index in [-0.39, 0.29) is 30.2 Å². The van der Waals surface area contributed by atoms with Crippen molar-refractivity contribution in [3.05, 3.63) is 82.9 Å². The summed E-state index contributed by atoms with van der Waals surface area (Å²) in [6.07, 6.45) is 1.83. The molecule has 1 aromatic heterocycles. The van der Waals surface area contributed by atoms with Gasteiger partial charge in [0.05, 0.1) is 49.8 Å². The fourth-order valence-electron chi connectivity index (χ4n) is 5.77. The van der Waals surface area contributed by atoms with Gasteiger partial charge in [0.25, 0.3) is 0 Å². The van der Waals surface area contributed by atoms with Crippen LogP contribution < -0.4 is 24.4 Å². The number of aromatic nitrogens is 2. The highest BCUT2D eigenvalue weighted by atomic mass is 35.5. The number of fused-ring (bicyclic) bond motifs is 1. The van der Waals surface area contributed by atoms with Crippen LogP contribution in [0.2, 0.25) is 5.02 Å². The molecule has 3 heterocycles. The Balaban J connectivity index is 1.56. The molecule has 0 unspecified atom stereocenters. The van der Waals surface area contributed by atoms with Crippen molar-refractivity contribution in [2.75, 3.05) is 51.7 Å². The predicted octanol–water partition coefficient (Wildman–Crippen LogP) is 5.68. The van der Waals surface area contributed by atoms with Crippen LogP contribution in [-0.2, 0) is 14.3 Å². The van der Waals surface area contributed by atoms with Gasteiger partial charge in [0, 0.05) is 34.9 Å². The fourth-order valence-corrected chi connectivity index (χ4v) is 7.10. The first-order chi connectivity index (χ1) is 22.4. The van der Waals surface area contributed by atoms with Crippen molar-refractivity contribution in [3.63, 3.8) is 0 Å². The average molecular weight is 663 g/mol. The van der Waals surface area contributed by atoms with Gasteiger partial charge >= 0.3 is 0 Å². The minimum atomic E-state index is -0.415. The molecule has 1 N–H and O–H groups in total. The molecule has 0 spiro atoms. The van der Waals surface area contributed by atoms with Crippen molar-refractivity contribution in [3.8, 4) is 34.2 Å². The second-order valence-corrected chi connectivity index (χ2v) is 12.5. The number of nitrogens with zero attached hydrogens (tertiary/aromatic N) is 3. The molecule has 0 aliphatic carbocycles. The SMILES string of the molecule is COc1ccc(-n2nc(-c3ccc(Cl)cc3)c3c2N(CC(=O)NC[C@H]2CCCO2)C(=O)CS[C@@H]3c2cc(OC)ccc2OC)cc1. The summed E-state index contributed by atoms with van der Waals surface area (Å²) in [5.74, 6) is 2.06. The summed E-state index contributed by atoms with van der Waals surface area (Å²) in [5.41, 5.74) is 3.71. The Bertz CT molecular complexity index is 1710. The summed E-state index contributed by atoms with van der Waals surface area (Å²) in [6, 6.07) is 20.4. The van der Waals surface area contributed by atoms with Gasteiger partial charge in [-0.05, 0) is 67.4 Å². The van der Waals surface area contributed by atoms with Crippen molar-refractivity contribution >= 4 is 41.0 Å². The molecule has 2 aliphatic heterocycles. The monoisotopic (exact) mass is 662 g/mol. The van der Waals surface area contributed by atoms with Crippen molar-refractivity contribution in [1.29, 1.82) is 0 Å². The second kappa shape index (κ2) is 14.1. The standard InChI is InChI=1S/C34H35ClN4O6S/c1-42-24-12-10-23(11-13-24)39-34-31(32(37-39)21-6-8-22(35)9-7-21)33(27-17-25(43-2)14-15-28(27)44-3)46-20-30(41)38(34)19-29(40)36-18-26-5-4-16-45-26/h6-15,17,26,33H,4-5,16,18-20H2,1-3H3,(H,36,40)/t26-,33-/m1/s1. The predicted molar refractivity (Wildman–Crippen MR) is 179 cm³/mol. The Morgan fingerprint density at radius 2 is 1.76 bits per heavy atom. The Morgan fingerprint density at radius 1 is 1.02 bits per heavy atom. The fraction of sp³-hybridized carbons (Fsp3) is 0.324. The highest BCUT2D eigenvalue weighted by Crippen LogP contribution is 2.51. The first-order valence-corrected chi connectivity index (χ1v) is 16.4. The highest BCUT2D eigenvalue weighted by Gasteiger charge is 2.39. The summed E-state index contributed by atoms with van der Waals surface area (Å²) >= 11 is 7.74. The summed E-state index contributed by atoms with van der Waals surface area (Å²) in [6.45, 7) is 0.887. The van der Waals surface area contributed by atoms with Crippen molar-refractivity contribution in [2.45, 2.75) is 24.2 Å². The molecule has 3 aromatic carbocycles. The van der Waals surface area contributed by atoms with Crippen molar-refractivity contribution < 1.29 is 28.5 Å². The number of anilines is 1. The minimum absolute atomic E-state index is 0.0267. The van der Waals surface area contributed by atoms with E-state index in [0.717, 1.165) is 29.5 Å². The average Bonchev–Trinajstić information content (AvgIpc) is 3.72. The summed E-state index contributed by atoms with van der Waals surface area (Å²) in [7, 11) is 4.83. The van der Waals surface area contributed by atoms with E-state index in [1.165, 1.54) is 16.7 Å². The van der Waals surface area contributed by atoms with Crippen LogP contribution in [0.3, 0.4) is 0 Å². The third kappa shape index (κ3) is 6.53. The van der Waals surface area contributed by atoms with Crippen LogP contribution in [0.5, 0.6) is 17.2 Å². The molecule has 2 aliphatic rings. The lowest BCUT2D eigenvalue weighted by Gasteiger charge is -2.24. The van der Waals surface area contributed by atoms with E-state index in [0.29, 0.717) is 52.6 Å². The number of carbonyl (C=O) groups is 2. The Labute approximate surface area is 276 Å². The van der Waals surface area contributed by atoms with Gasteiger partial charge in [0.15, 0.2) is 0 Å². The summed E-state index contributed by atoms with van der Waals surface area (Å²) in [5, 5.41) is 8.28. The Hall–Kier alpha value is -4.19. The molecule has 0 bridgehead atoms. The zero-order valence-electron chi connectivity index (χ0n) is 25.8. The normalized spacial score (nSPS) is 17.7. The topological polar surface area (TPSA) is 104 Å². The molecule has 2 atom stereocenters. The van der Waals surface area contributed by atoms with Crippen LogP contribution >= 0.6 is 23.4 Å². The maximum atomic E-state index is 14.1. The van der Waals surface area contributed by atoms with Gasteiger partial charge in [-0.25, -0.2) is 4.68 Å². The molecule has 46 heavy (non-hydrogen) atoms. The number of ether oxygens (including phenoxy) is 4. The molecule has 4 aromatic rings. The lowest BCUT2D eigenvalue weighted by atomic mass is 9.98. The molecular weight excluding hydrogens is 628 g/mol. The van der Waals surface area contributed by atoms with Crippen LogP contribution in [-0.4, -0.2) is 74.5 Å². The van der Waals surface area contributed by atoms with Crippen molar-refractivity contribution in [1.82, 2.24) is 15.1 Å². The number of hydrogen-bond donors (Lipinski definition) is 1. The van der Waals surface area contributed by atoms with E-state index in [1.807, 2.05) is 66.7 Å². The summed E-state index contributed by atoms with van der Waals surface area (Å²) in [4.78, 5) is 29.1. The van der Waals surface area contributed by atoms with Gasteiger partial charge in [-0.15, -0.1) is 11.8 Å². The van der Waals surface area contributed by atoms with E-state index in [4.69, 9.17) is 35.6 Å². The van der Waals surface area contributed by atoms with E-state index in [2.05, 4.69) is 5.32 Å². The van der Waals surface area contributed by atoms with Crippen LogP contribution in [0.25, 0.3) is 16.9 Å². The largest absolute Gasteiger partial charge is 0.497 e. The van der Waals surface area contributed by atoms with Crippen LogP contribution in [0.1, 0.15) is 29.2 Å². The Kier molecular flexibility index (Phi) is 9.72. The number of amides is 2. The van der Waals surface area contributed by atoms with Gasteiger partial charge in [0.2, 0.25) is 11.8 Å². The number of benzene rings is 3. The van der Waals surface area contributed by atoms with Crippen LogP contribution in [0.15, 0.2) is 66.7 Å². The third-order valence-corrected chi connectivity index (χ3v) is 9.58. The lowest BCUT2D eigenvalue weighted by Crippen LogP contribution is -2.44. The third-order valence-electron chi connectivity index (χ3n) is 8.10. The van der Waals surface area contributed by atoms with Gasteiger partial charge < -0.3 is 24.3 Å². The lowest BCUT2D eigenvalue weighted by molar-refractivity contribution is -0.123. The number of methoxy groups -OCH3 is 3. The molecule has 1 saturated heterocycles. The molecule has 12 heteroatoms. The van der Waals surface area contributed by atoms with Crippen LogP contribution in [0, 0.1) is 0 Å². The van der Waals surface area contributed by atoms with E-state index < -0.39 is 5.25 Å². The van der Waals surface area contributed by atoms with Crippen LogP contribution in [0.4, 0.5) is 5.82 Å². The minimum Gasteiger partial charge on any atom is -0.497 e. The molecule has 240 valence electrons. The number of nitrogens with one attached hydrogen (secondary N) is 1. The number of thioether (sulfide) groups is 1. The van der Waals surface area contributed by atoms with Gasteiger partial charge in [-0.1, -0.05) is 23.7 Å². The second-order valence-electron chi connectivity index (χ2n) is 10.9. The van der Waals surface area contributed by atoms with E-state index in [9.17, 15) is 9.59 Å². The highest BCUT2D eigenvalue weighted by molar-refractivity contribution is 8.00. The molecule has 2 amide bonds. The van der Waals surface area contributed by atoms with Crippen molar-refractivity contribution in [2.24, 2.45) is 0 Å². The zero-order valence-corrected chi connectivity index (χ0v) is 27.4. The van der Waals surface area contributed by atoms with E-state index in [1.54, 1.807) is 26.0 Å². The van der Waals surface area contributed by atoms with E-state index >= 15 is 0 Å². The number of halogens is 1. The zero-order chi connectivity index (χ0) is 32.2. The number of carbonyl (C=O) groups excluding carboxylic acids is 2. The molecule has 6 rings (SSSR count). The molecule has 0 saturated carbocycles. The van der Waals surface area contributed by atoms with Gasteiger partial charge in [0.1, 0.15) is 29.6 Å². The smallest absolute Gasteiger partial charge is 0.240 e. The molecular formula is C34H35ClN4O6S. The van der Waals surface area contributed by atoms with Gasteiger partial charge in [-0.3, -0.25) is 14.5 Å². The molecule has 1 fully saturated rings. The number of hydrogen-bond acceptors (Lipinski definition) is 8. The number of rotatable bonds is 10. The quantitative estimate of drug-likeness (QED) is 0.231. The molecule has 0 radical (unpaired) electrons. The van der Waals surface area contributed by atoms with Gasteiger partial charge in [-0.2, -0.15) is 5.10 Å². The first kappa shape index (κ1) is 31.8. The Morgan fingerprint density at radius 3 is 2.43 bits per heavy atom. The maximum Gasteiger partial charge on any atom is 0.240 e.